The van der Waals surface area contributed by atoms with Crippen molar-refractivity contribution in [1.82, 2.24) is 14.8 Å². The standard InChI is InChI=1S/C22H22Cl2N4OS2/c1-3-10-28-20(13-30-12-16-6-7-17(23)11-19(16)24)26-27-22(28)31-14-21(29)25-18-8-4-15(2)5-9-18/h3-9,11H,1,10,12-14H2,2H3,(H,25,29). The smallest absolute Gasteiger partial charge is 0.234 e. The van der Waals surface area contributed by atoms with Gasteiger partial charge in [-0.25, -0.2) is 0 Å². The number of anilines is 1. The van der Waals surface area contributed by atoms with Crippen LogP contribution in [-0.4, -0.2) is 26.4 Å². The van der Waals surface area contributed by atoms with Crippen LogP contribution >= 0.6 is 46.7 Å². The van der Waals surface area contributed by atoms with E-state index in [0.717, 1.165) is 28.4 Å². The summed E-state index contributed by atoms with van der Waals surface area (Å²) in [5, 5.41) is 13.5. The maximum absolute atomic E-state index is 12.3. The van der Waals surface area contributed by atoms with Gasteiger partial charge in [-0.1, -0.05) is 64.8 Å². The van der Waals surface area contributed by atoms with Gasteiger partial charge in [-0.05, 0) is 36.8 Å². The summed E-state index contributed by atoms with van der Waals surface area (Å²) in [6.07, 6.45) is 1.80. The molecule has 1 aromatic heterocycles. The number of benzene rings is 2. The fourth-order valence-corrected chi connectivity index (χ4v) is 4.99. The third kappa shape index (κ3) is 7.04. The fraction of sp³-hybridized carbons (Fsp3) is 0.227. The molecule has 0 spiro atoms. The Morgan fingerprint density at radius 1 is 1.16 bits per heavy atom. The summed E-state index contributed by atoms with van der Waals surface area (Å²) in [4.78, 5) is 12.3. The predicted octanol–water partition coefficient (Wildman–Crippen LogP) is 6.24. The first kappa shape index (κ1) is 23.7. The zero-order valence-corrected chi connectivity index (χ0v) is 20.1. The molecular weight excluding hydrogens is 471 g/mol. The number of rotatable bonds is 10. The molecule has 9 heteroatoms. The van der Waals surface area contributed by atoms with Crippen LogP contribution in [0.5, 0.6) is 0 Å². The molecule has 162 valence electrons. The first-order valence-corrected chi connectivity index (χ1v) is 12.4. The largest absolute Gasteiger partial charge is 0.325 e. The molecular formula is C22H22Cl2N4OS2. The molecule has 0 atom stereocenters. The van der Waals surface area contributed by atoms with Crippen LogP contribution in [0.2, 0.25) is 10.0 Å². The second-order valence-corrected chi connectivity index (χ2v) is 9.50. The minimum Gasteiger partial charge on any atom is -0.325 e. The number of carbonyl (C=O) groups excluding carboxylic acids is 1. The van der Waals surface area contributed by atoms with E-state index in [1.165, 1.54) is 11.8 Å². The summed E-state index contributed by atoms with van der Waals surface area (Å²) >= 11 is 15.2. The average molecular weight is 493 g/mol. The molecule has 0 saturated carbocycles. The molecule has 0 bridgehead atoms. The van der Waals surface area contributed by atoms with Crippen molar-refractivity contribution in [1.29, 1.82) is 0 Å². The molecule has 0 fully saturated rings. The number of nitrogens with zero attached hydrogens (tertiary/aromatic N) is 3. The second kappa shape index (κ2) is 11.6. The van der Waals surface area contributed by atoms with Crippen LogP contribution in [0.15, 0.2) is 60.3 Å². The molecule has 0 unspecified atom stereocenters. The molecule has 31 heavy (non-hydrogen) atoms. The van der Waals surface area contributed by atoms with Crippen LogP contribution in [0.1, 0.15) is 17.0 Å². The van der Waals surface area contributed by atoms with E-state index in [9.17, 15) is 4.79 Å². The Hall–Kier alpha value is -1.93. The SMILES string of the molecule is C=CCn1c(CSCc2ccc(Cl)cc2Cl)nnc1SCC(=O)Nc1ccc(C)cc1. The van der Waals surface area contributed by atoms with Gasteiger partial charge in [0.2, 0.25) is 5.91 Å². The number of thioether (sulfide) groups is 2. The van der Waals surface area contributed by atoms with Gasteiger partial charge in [0.05, 0.1) is 11.5 Å². The Balaban J connectivity index is 1.57. The molecule has 1 heterocycles. The second-order valence-electron chi connectivity index (χ2n) is 6.73. The van der Waals surface area contributed by atoms with Crippen molar-refractivity contribution in [3.63, 3.8) is 0 Å². The number of nitrogens with one attached hydrogen (secondary N) is 1. The van der Waals surface area contributed by atoms with Gasteiger partial charge < -0.3 is 9.88 Å². The average Bonchev–Trinajstić information content (AvgIpc) is 3.12. The van der Waals surface area contributed by atoms with Crippen molar-refractivity contribution in [2.45, 2.75) is 30.1 Å². The van der Waals surface area contributed by atoms with E-state index in [4.69, 9.17) is 23.2 Å². The lowest BCUT2D eigenvalue weighted by atomic mass is 10.2. The number of amides is 1. The molecule has 0 aliphatic rings. The molecule has 2 aromatic carbocycles. The van der Waals surface area contributed by atoms with Crippen molar-refractivity contribution in [2.75, 3.05) is 11.1 Å². The van der Waals surface area contributed by atoms with Gasteiger partial charge in [0.25, 0.3) is 0 Å². The first-order valence-electron chi connectivity index (χ1n) is 9.50. The highest BCUT2D eigenvalue weighted by Gasteiger charge is 2.14. The van der Waals surface area contributed by atoms with Crippen molar-refractivity contribution in [3.8, 4) is 0 Å². The lowest BCUT2D eigenvalue weighted by Crippen LogP contribution is -2.14. The van der Waals surface area contributed by atoms with E-state index in [0.29, 0.717) is 27.5 Å². The molecule has 1 N–H and O–H groups in total. The van der Waals surface area contributed by atoms with Crippen molar-refractivity contribution in [3.05, 3.63) is 82.1 Å². The van der Waals surface area contributed by atoms with E-state index < -0.39 is 0 Å². The lowest BCUT2D eigenvalue weighted by molar-refractivity contribution is -0.113. The zero-order valence-electron chi connectivity index (χ0n) is 17.0. The Bertz CT molecular complexity index is 1050. The van der Waals surface area contributed by atoms with Gasteiger partial charge in [-0.2, -0.15) is 0 Å². The minimum absolute atomic E-state index is 0.0877. The van der Waals surface area contributed by atoms with Gasteiger partial charge >= 0.3 is 0 Å². The lowest BCUT2D eigenvalue weighted by Gasteiger charge is -2.09. The first-order chi connectivity index (χ1) is 15.0. The molecule has 5 nitrogen and oxygen atoms in total. The van der Waals surface area contributed by atoms with Crippen LogP contribution in [0.25, 0.3) is 0 Å². The van der Waals surface area contributed by atoms with E-state index >= 15 is 0 Å². The number of aryl methyl sites for hydroxylation is 1. The van der Waals surface area contributed by atoms with Crippen LogP contribution in [0, 0.1) is 6.92 Å². The number of halogens is 2. The minimum atomic E-state index is -0.0877. The summed E-state index contributed by atoms with van der Waals surface area (Å²) < 4.78 is 1.98. The van der Waals surface area contributed by atoms with Crippen LogP contribution in [0.4, 0.5) is 5.69 Å². The van der Waals surface area contributed by atoms with Crippen LogP contribution in [0.3, 0.4) is 0 Å². The number of allylic oxidation sites excluding steroid dienone is 1. The van der Waals surface area contributed by atoms with Crippen LogP contribution < -0.4 is 5.32 Å². The summed E-state index contributed by atoms with van der Waals surface area (Å²) in [5.74, 6) is 2.39. The molecule has 0 aliphatic carbocycles. The third-order valence-corrected chi connectivity index (χ3v) is 6.81. The highest BCUT2D eigenvalue weighted by molar-refractivity contribution is 7.99. The van der Waals surface area contributed by atoms with Crippen molar-refractivity contribution in [2.24, 2.45) is 0 Å². The van der Waals surface area contributed by atoms with Crippen LogP contribution in [-0.2, 0) is 22.8 Å². The highest BCUT2D eigenvalue weighted by atomic mass is 35.5. The Labute approximate surface area is 200 Å². The Kier molecular flexibility index (Phi) is 8.90. The molecule has 1 amide bonds. The third-order valence-electron chi connectivity index (χ3n) is 4.28. The summed E-state index contributed by atoms with van der Waals surface area (Å²) in [6.45, 7) is 6.41. The maximum atomic E-state index is 12.3. The molecule has 0 radical (unpaired) electrons. The fourth-order valence-electron chi connectivity index (χ4n) is 2.70. The Morgan fingerprint density at radius 3 is 2.65 bits per heavy atom. The number of aromatic nitrogens is 3. The molecule has 3 aromatic rings. The summed E-state index contributed by atoms with van der Waals surface area (Å²) in [6, 6.07) is 13.2. The van der Waals surface area contributed by atoms with Gasteiger partial charge in [-0.3, -0.25) is 4.79 Å². The summed E-state index contributed by atoms with van der Waals surface area (Å²) in [5.41, 5.74) is 2.95. The van der Waals surface area contributed by atoms with Gasteiger partial charge in [0.1, 0.15) is 5.82 Å². The van der Waals surface area contributed by atoms with E-state index in [1.807, 2.05) is 47.9 Å². The quantitative estimate of drug-likeness (QED) is 0.268. The number of hydrogen-bond donors (Lipinski definition) is 1. The van der Waals surface area contributed by atoms with E-state index in [2.05, 4.69) is 22.1 Å². The molecule has 3 rings (SSSR count). The molecule has 0 aliphatic heterocycles. The zero-order chi connectivity index (χ0) is 22.2. The van der Waals surface area contributed by atoms with Gasteiger partial charge in [0.15, 0.2) is 5.16 Å². The highest BCUT2D eigenvalue weighted by Crippen LogP contribution is 2.27. The van der Waals surface area contributed by atoms with Crippen molar-refractivity contribution < 1.29 is 4.79 Å². The topological polar surface area (TPSA) is 59.8 Å². The monoisotopic (exact) mass is 492 g/mol. The number of carbonyl (C=O) groups is 1. The maximum Gasteiger partial charge on any atom is 0.234 e. The molecule has 0 saturated heterocycles. The van der Waals surface area contributed by atoms with E-state index in [-0.39, 0.29) is 11.7 Å². The predicted molar refractivity (Wildman–Crippen MR) is 132 cm³/mol. The normalized spacial score (nSPS) is 10.8. The van der Waals surface area contributed by atoms with Crippen molar-refractivity contribution >= 4 is 58.3 Å². The van der Waals surface area contributed by atoms with Gasteiger partial charge in [-0.15, -0.1) is 28.5 Å². The Morgan fingerprint density at radius 2 is 1.94 bits per heavy atom. The van der Waals surface area contributed by atoms with Gasteiger partial charge in [0, 0.05) is 28.0 Å². The number of hydrogen-bond acceptors (Lipinski definition) is 5. The van der Waals surface area contributed by atoms with E-state index in [1.54, 1.807) is 23.9 Å². The summed E-state index contributed by atoms with van der Waals surface area (Å²) in [7, 11) is 0.